The molecule has 3 rings (SSSR count). The summed E-state index contributed by atoms with van der Waals surface area (Å²) in [6, 6.07) is 13.2. The van der Waals surface area contributed by atoms with Crippen molar-refractivity contribution in [1.82, 2.24) is 4.90 Å². The first-order chi connectivity index (χ1) is 14.8. The Labute approximate surface area is 184 Å². The average molecular weight is 445 g/mol. The molecule has 0 saturated carbocycles. The standard InChI is InChI=1S/C23H22ClFN2O4/c24-18-3-6-20(17(11-18)12-22(29)30)31-14-21(28)27-9-7-23(15-26,8-10-27)13-16-1-4-19(25)5-2-16/h1-6,11H,7-10,12-14H2,(H,29,30). The molecule has 0 bridgehead atoms. The molecule has 162 valence electrons. The van der Waals surface area contributed by atoms with E-state index in [9.17, 15) is 19.2 Å². The largest absolute Gasteiger partial charge is 0.483 e. The van der Waals surface area contributed by atoms with E-state index in [4.69, 9.17) is 21.4 Å². The third-order valence-corrected chi connectivity index (χ3v) is 5.72. The summed E-state index contributed by atoms with van der Waals surface area (Å²) >= 11 is 5.92. The maximum Gasteiger partial charge on any atom is 0.307 e. The van der Waals surface area contributed by atoms with Crippen molar-refractivity contribution in [3.05, 3.63) is 64.4 Å². The molecular weight excluding hydrogens is 423 g/mol. The Balaban J connectivity index is 1.57. The van der Waals surface area contributed by atoms with E-state index in [1.54, 1.807) is 29.2 Å². The lowest BCUT2D eigenvalue weighted by atomic mass is 9.75. The van der Waals surface area contributed by atoms with Crippen molar-refractivity contribution >= 4 is 23.5 Å². The van der Waals surface area contributed by atoms with Crippen LogP contribution < -0.4 is 4.74 Å². The molecule has 6 nitrogen and oxygen atoms in total. The predicted octanol–water partition coefficient (Wildman–Crippen LogP) is 3.86. The monoisotopic (exact) mass is 444 g/mol. The Morgan fingerprint density at radius 3 is 2.48 bits per heavy atom. The van der Waals surface area contributed by atoms with Crippen molar-refractivity contribution in [2.45, 2.75) is 25.7 Å². The molecule has 1 aliphatic heterocycles. The molecule has 1 N–H and O–H groups in total. The number of hydrogen-bond acceptors (Lipinski definition) is 4. The Bertz CT molecular complexity index is 996. The van der Waals surface area contributed by atoms with Crippen molar-refractivity contribution in [3.8, 4) is 11.8 Å². The van der Waals surface area contributed by atoms with Crippen molar-refractivity contribution in [3.63, 3.8) is 0 Å². The van der Waals surface area contributed by atoms with E-state index < -0.39 is 11.4 Å². The second-order valence-corrected chi connectivity index (χ2v) is 8.12. The summed E-state index contributed by atoms with van der Waals surface area (Å²) in [5.74, 6) is -1.27. The minimum Gasteiger partial charge on any atom is -0.483 e. The van der Waals surface area contributed by atoms with Gasteiger partial charge < -0.3 is 14.7 Å². The predicted molar refractivity (Wildman–Crippen MR) is 112 cm³/mol. The first kappa shape index (κ1) is 22.6. The summed E-state index contributed by atoms with van der Waals surface area (Å²) in [6.07, 6.45) is 1.27. The van der Waals surface area contributed by atoms with Gasteiger partial charge in [0.05, 0.1) is 17.9 Å². The normalized spacial score (nSPS) is 15.2. The highest BCUT2D eigenvalue weighted by molar-refractivity contribution is 6.30. The van der Waals surface area contributed by atoms with Crippen LogP contribution in [-0.2, 0) is 22.4 Å². The van der Waals surface area contributed by atoms with Crippen molar-refractivity contribution in [1.29, 1.82) is 5.26 Å². The fraction of sp³-hybridized carbons (Fsp3) is 0.348. The van der Waals surface area contributed by atoms with Gasteiger partial charge in [-0.1, -0.05) is 23.7 Å². The zero-order valence-corrected chi connectivity index (χ0v) is 17.6. The summed E-state index contributed by atoms with van der Waals surface area (Å²) < 4.78 is 18.7. The van der Waals surface area contributed by atoms with Crippen LogP contribution in [0.1, 0.15) is 24.0 Å². The number of ether oxygens (including phenoxy) is 1. The smallest absolute Gasteiger partial charge is 0.307 e. The molecule has 0 radical (unpaired) electrons. The molecule has 1 heterocycles. The van der Waals surface area contributed by atoms with E-state index in [1.165, 1.54) is 18.2 Å². The van der Waals surface area contributed by atoms with Gasteiger partial charge in [-0.3, -0.25) is 9.59 Å². The molecule has 1 saturated heterocycles. The van der Waals surface area contributed by atoms with Gasteiger partial charge in [-0.2, -0.15) is 5.26 Å². The van der Waals surface area contributed by atoms with Crippen LogP contribution in [0.4, 0.5) is 4.39 Å². The summed E-state index contributed by atoms with van der Waals surface area (Å²) in [5, 5.41) is 19.2. The topological polar surface area (TPSA) is 90.6 Å². The number of rotatable bonds is 7. The molecule has 0 aliphatic carbocycles. The number of likely N-dealkylation sites (tertiary alicyclic amines) is 1. The first-order valence-corrected chi connectivity index (χ1v) is 10.2. The number of carbonyl (C=O) groups is 2. The van der Waals surface area contributed by atoms with Crippen molar-refractivity contribution in [2.75, 3.05) is 19.7 Å². The van der Waals surface area contributed by atoms with Gasteiger partial charge in [0.1, 0.15) is 11.6 Å². The van der Waals surface area contributed by atoms with Crippen LogP contribution in [0.15, 0.2) is 42.5 Å². The van der Waals surface area contributed by atoms with E-state index in [2.05, 4.69) is 6.07 Å². The second-order valence-electron chi connectivity index (χ2n) is 7.69. The zero-order valence-electron chi connectivity index (χ0n) is 16.8. The van der Waals surface area contributed by atoms with Gasteiger partial charge in [0, 0.05) is 23.7 Å². The van der Waals surface area contributed by atoms with Gasteiger partial charge in [-0.15, -0.1) is 0 Å². The number of piperidine rings is 1. The Morgan fingerprint density at radius 2 is 1.87 bits per heavy atom. The molecular formula is C23H22ClFN2O4. The van der Waals surface area contributed by atoms with Gasteiger partial charge in [0.25, 0.3) is 5.91 Å². The second kappa shape index (κ2) is 9.80. The number of carboxylic acids is 1. The van der Waals surface area contributed by atoms with Crippen LogP contribution in [0, 0.1) is 22.6 Å². The number of amides is 1. The van der Waals surface area contributed by atoms with Crippen LogP contribution in [-0.4, -0.2) is 41.6 Å². The molecule has 2 aromatic carbocycles. The lowest BCUT2D eigenvalue weighted by Crippen LogP contribution is -2.45. The van der Waals surface area contributed by atoms with E-state index >= 15 is 0 Å². The number of aliphatic carboxylic acids is 1. The van der Waals surface area contributed by atoms with Crippen LogP contribution in [0.3, 0.4) is 0 Å². The minimum atomic E-state index is -1.02. The molecule has 0 spiro atoms. The maximum absolute atomic E-state index is 13.1. The molecule has 0 aromatic heterocycles. The van der Waals surface area contributed by atoms with Gasteiger partial charge >= 0.3 is 5.97 Å². The van der Waals surface area contributed by atoms with Crippen LogP contribution in [0.2, 0.25) is 5.02 Å². The lowest BCUT2D eigenvalue weighted by Gasteiger charge is -2.37. The Morgan fingerprint density at radius 1 is 1.19 bits per heavy atom. The van der Waals surface area contributed by atoms with E-state index in [-0.39, 0.29) is 24.8 Å². The van der Waals surface area contributed by atoms with Gasteiger partial charge in [0.15, 0.2) is 6.61 Å². The summed E-state index contributed by atoms with van der Waals surface area (Å²) in [7, 11) is 0. The quantitative estimate of drug-likeness (QED) is 0.700. The summed E-state index contributed by atoms with van der Waals surface area (Å²) in [6.45, 7) is 0.602. The Hall–Kier alpha value is -3.11. The van der Waals surface area contributed by atoms with Crippen LogP contribution >= 0.6 is 11.6 Å². The van der Waals surface area contributed by atoms with E-state index in [0.29, 0.717) is 48.7 Å². The molecule has 31 heavy (non-hydrogen) atoms. The number of hydrogen-bond donors (Lipinski definition) is 1. The number of nitrogens with zero attached hydrogens (tertiary/aromatic N) is 2. The number of nitriles is 1. The van der Waals surface area contributed by atoms with Gasteiger partial charge in [0.2, 0.25) is 0 Å². The summed E-state index contributed by atoms with van der Waals surface area (Å²) in [5.41, 5.74) is 0.689. The van der Waals surface area contributed by atoms with E-state index in [0.717, 1.165) is 5.56 Å². The highest BCUT2D eigenvalue weighted by Gasteiger charge is 2.36. The highest BCUT2D eigenvalue weighted by Crippen LogP contribution is 2.34. The fourth-order valence-corrected chi connectivity index (χ4v) is 3.92. The highest BCUT2D eigenvalue weighted by atomic mass is 35.5. The number of carboxylic acid groups (broad SMARTS) is 1. The van der Waals surface area contributed by atoms with Gasteiger partial charge in [-0.05, 0) is 55.2 Å². The molecule has 1 aliphatic rings. The number of benzene rings is 2. The minimum absolute atomic E-state index is 0.230. The van der Waals surface area contributed by atoms with Crippen LogP contribution in [0.25, 0.3) is 0 Å². The molecule has 1 fully saturated rings. The Kier molecular flexibility index (Phi) is 7.13. The van der Waals surface area contributed by atoms with Gasteiger partial charge in [-0.25, -0.2) is 4.39 Å². The third-order valence-electron chi connectivity index (χ3n) is 5.48. The number of carbonyl (C=O) groups excluding carboxylic acids is 1. The van der Waals surface area contributed by atoms with Crippen molar-refractivity contribution in [2.24, 2.45) is 5.41 Å². The fourth-order valence-electron chi connectivity index (χ4n) is 3.73. The summed E-state index contributed by atoms with van der Waals surface area (Å²) in [4.78, 5) is 25.3. The van der Waals surface area contributed by atoms with Crippen LogP contribution in [0.5, 0.6) is 5.75 Å². The lowest BCUT2D eigenvalue weighted by molar-refractivity contribution is -0.136. The molecule has 8 heteroatoms. The third kappa shape index (κ3) is 5.96. The molecule has 0 unspecified atom stereocenters. The maximum atomic E-state index is 13.1. The zero-order chi connectivity index (χ0) is 22.4. The van der Waals surface area contributed by atoms with Crippen molar-refractivity contribution < 1.29 is 23.8 Å². The number of halogens is 2. The molecule has 0 atom stereocenters. The average Bonchev–Trinajstić information content (AvgIpc) is 2.75. The molecule has 1 amide bonds. The first-order valence-electron chi connectivity index (χ1n) is 9.87. The molecule has 2 aromatic rings. The SMILES string of the molecule is N#CC1(Cc2ccc(F)cc2)CCN(C(=O)COc2ccc(Cl)cc2CC(=O)O)CC1. The van der Waals surface area contributed by atoms with E-state index in [1.807, 2.05) is 0 Å².